The van der Waals surface area contributed by atoms with Crippen molar-refractivity contribution in [1.29, 1.82) is 0 Å². The van der Waals surface area contributed by atoms with Gasteiger partial charge in [-0.05, 0) is 12.1 Å². The Morgan fingerprint density at radius 3 is 2.93 bits per heavy atom. The van der Waals surface area contributed by atoms with Crippen LogP contribution in [0.25, 0.3) is 0 Å². The van der Waals surface area contributed by atoms with Crippen molar-refractivity contribution >= 4 is 11.8 Å². The lowest BCUT2D eigenvalue weighted by molar-refractivity contribution is -0.124. The van der Waals surface area contributed by atoms with Crippen LogP contribution in [0, 0.1) is 0 Å². The van der Waals surface area contributed by atoms with Gasteiger partial charge in [-0.25, -0.2) is 10.5 Å². The molecule has 0 aliphatic rings. The molecule has 0 aliphatic heterocycles. The van der Waals surface area contributed by atoms with E-state index in [2.05, 4.69) is 9.82 Å². The highest BCUT2D eigenvalue weighted by molar-refractivity contribution is 5.94. The van der Waals surface area contributed by atoms with Crippen molar-refractivity contribution in [3.05, 3.63) is 24.0 Å². The number of aromatic hydroxyl groups is 1. The number of hydroxylamine groups is 1. The van der Waals surface area contributed by atoms with Crippen molar-refractivity contribution in [2.45, 2.75) is 0 Å². The molecular formula is C8H9N3O4. The summed E-state index contributed by atoms with van der Waals surface area (Å²) in [6.07, 6.45) is 1.34. The van der Waals surface area contributed by atoms with Gasteiger partial charge in [-0.3, -0.25) is 14.4 Å². The smallest absolute Gasteiger partial charge is 0.297 e. The number of carbonyl (C=O) groups excluding carboxylic acids is 2. The van der Waals surface area contributed by atoms with Gasteiger partial charge in [0.05, 0.1) is 0 Å². The largest absolute Gasteiger partial charge is 0.505 e. The van der Waals surface area contributed by atoms with Crippen LogP contribution in [0.5, 0.6) is 5.75 Å². The Morgan fingerprint density at radius 1 is 1.60 bits per heavy atom. The van der Waals surface area contributed by atoms with E-state index >= 15 is 0 Å². The molecule has 7 nitrogen and oxygen atoms in total. The molecule has 1 aromatic rings. The van der Waals surface area contributed by atoms with E-state index in [0.717, 1.165) is 0 Å². The average molecular weight is 211 g/mol. The van der Waals surface area contributed by atoms with E-state index in [1.165, 1.54) is 18.3 Å². The number of amides is 2. The Hall–Kier alpha value is -2.15. The van der Waals surface area contributed by atoms with Crippen LogP contribution in [0.15, 0.2) is 18.3 Å². The molecule has 0 fully saturated rings. The fourth-order valence-electron chi connectivity index (χ4n) is 0.793. The summed E-state index contributed by atoms with van der Waals surface area (Å²) in [6, 6.07) is 2.77. The zero-order chi connectivity index (χ0) is 11.3. The van der Waals surface area contributed by atoms with E-state index < -0.39 is 18.4 Å². The lowest BCUT2D eigenvalue weighted by Gasteiger charge is -2.04. The van der Waals surface area contributed by atoms with Gasteiger partial charge in [0.25, 0.3) is 5.91 Å². The predicted molar refractivity (Wildman–Crippen MR) is 48.5 cm³/mol. The number of aromatic nitrogens is 1. The lowest BCUT2D eigenvalue weighted by atomic mass is 10.3. The molecule has 1 rings (SSSR count). The minimum atomic E-state index is -0.755. The molecule has 2 amide bonds. The van der Waals surface area contributed by atoms with Gasteiger partial charge < -0.3 is 10.8 Å². The van der Waals surface area contributed by atoms with Gasteiger partial charge in [0.1, 0.15) is 5.75 Å². The summed E-state index contributed by atoms with van der Waals surface area (Å²) < 4.78 is 0. The third kappa shape index (κ3) is 3.24. The van der Waals surface area contributed by atoms with Crippen LogP contribution >= 0.6 is 0 Å². The normalized spacial score (nSPS) is 9.60. The summed E-state index contributed by atoms with van der Waals surface area (Å²) in [5.74, 6) is -1.76. The summed E-state index contributed by atoms with van der Waals surface area (Å²) in [7, 11) is 0. The Labute approximate surface area is 84.8 Å². The van der Waals surface area contributed by atoms with Crippen molar-refractivity contribution in [3.8, 4) is 5.75 Å². The standard InChI is InChI=1S/C8H9N3O4/c9-6(13)4-15-11-8(14)7-5(12)2-1-3-10-7/h1-3,12H,4H2,(H2,9,13)(H,11,14). The third-order valence-electron chi connectivity index (χ3n) is 1.38. The quantitative estimate of drug-likeness (QED) is 0.549. The number of hydrogen-bond acceptors (Lipinski definition) is 5. The molecule has 0 saturated heterocycles. The molecule has 80 valence electrons. The summed E-state index contributed by atoms with van der Waals surface area (Å²) in [6.45, 7) is -0.445. The second kappa shape index (κ2) is 4.91. The number of nitrogens with one attached hydrogen (secondary N) is 1. The molecule has 0 aromatic carbocycles. The number of carbonyl (C=O) groups is 2. The van der Waals surface area contributed by atoms with Gasteiger partial charge in [-0.15, -0.1) is 0 Å². The van der Waals surface area contributed by atoms with Gasteiger partial charge in [0.15, 0.2) is 12.3 Å². The number of hydrogen-bond donors (Lipinski definition) is 3. The van der Waals surface area contributed by atoms with Crippen LogP contribution in [-0.4, -0.2) is 28.5 Å². The fraction of sp³-hybridized carbons (Fsp3) is 0.125. The van der Waals surface area contributed by atoms with Crippen LogP contribution in [0.1, 0.15) is 10.5 Å². The minimum absolute atomic E-state index is 0.193. The first-order valence-corrected chi connectivity index (χ1v) is 3.95. The van der Waals surface area contributed by atoms with Gasteiger partial charge in [-0.1, -0.05) is 0 Å². The van der Waals surface area contributed by atoms with Crippen molar-refractivity contribution in [2.24, 2.45) is 5.73 Å². The van der Waals surface area contributed by atoms with E-state index in [4.69, 9.17) is 5.73 Å². The second-order valence-corrected chi connectivity index (χ2v) is 2.56. The predicted octanol–water partition coefficient (Wildman–Crippen LogP) is -1.07. The Kier molecular flexibility index (Phi) is 3.58. The maximum absolute atomic E-state index is 11.2. The van der Waals surface area contributed by atoms with Crippen LogP contribution in [0.3, 0.4) is 0 Å². The summed E-state index contributed by atoms with van der Waals surface area (Å²) in [5.41, 5.74) is 6.48. The van der Waals surface area contributed by atoms with E-state index in [1.54, 1.807) is 0 Å². The van der Waals surface area contributed by atoms with Crippen LogP contribution in [0.4, 0.5) is 0 Å². The molecule has 0 spiro atoms. The highest BCUT2D eigenvalue weighted by atomic mass is 16.7. The van der Waals surface area contributed by atoms with Gasteiger partial charge in [0.2, 0.25) is 5.91 Å². The highest BCUT2D eigenvalue weighted by Gasteiger charge is 2.11. The molecule has 0 atom stereocenters. The van der Waals surface area contributed by atoms with E-state index in [9.17, 15) is 14.7 Å². The summed E-state index contributed by atoms with van der Waals surface area (Å²) in [4.78, 5) is 29.6. The molecule has 0 saturated carbocycles. The minimum Gasteiger partial charge on any atom is -0.505 e. The number of rotatable bonds is 4. The summed E-state index contributed by atoms with van der Waals surface area (Å²) >= 11 is 0. The maximum Gasteiger partial charge on any atom is 0.297 e. The van der Waals surface area contributed by atoms with E-state index in [0.29, 0.717) is 0 Å². The van der Waals surface area contributed by atoms with Gasteiger partial charge in [0, 0.05) is 6.20 Å². The molecule has 1 heterocycles. The molecule has 15 heavy (non-hydrogen) atoms. The monoisotopic (exact) mass is 211 g/mol. The van der Waals surface area contributed by atoms with Crippen molar-refractivity contribution < 1.29 is 19.5 Å². The molecule has 0 unspecified atom stereocenters. The Balaban J connectivity index is 2.54. The van der Waals surface area contributed by atoms with Crippen molar-refractivity contribution in [1.82, 2.24) is 10.5 Å². The maximum atomic E-state index is 11.2. The zero-order valence-corrected chi connectivity index (χ0v) is 7.64. The topological polar surface area (TPSA) is 115 Å². The lowest BCUT2D eigenvalue weighted by Crippen LogP contribution is -2.29. The molecule has 1 aromatic heterocycles. The SMILES string of the molecule is NC(=O)CONC(=O)c1ncccc1O. The second-order valence-electron chi connectivity index (χ2n) is 2.56. The first-order chi connectivity index (χ1) is 7.11. The number of nitrogens with two attached hydrogens (primary N) is 1. The van der Waals surface area contributed by atoms with Crippen LogP contribution in [-0.2, 0) is 9.63 Å². The molecule has 0 radical (unpaired) electrons. The average Bonchev–Trinajstić information content (AvgIpc) is 2.17. The molecule has 0 bridgehead atoms. The zero-order valence-electron chi connectivity index (χ0n) is 7.64. The first-order valence-electron chi connectivity index (χ1n) is 3.95. The number of primary amides is 1. The highest BCUT2D eigenvalue weighted by Crippen LogP contribution is 2.11. The molecule has 4 N–H and O–H groups in total. The molecular weight excluding hydrogens is 202 g/mol. The van der Waals surface area contributed by atoms with E-state index in [-0.39, 0.29) is 11.4 Å². The fourth-order valence-corrected chi connectivity index (χ4v) is 0.793. The third-order valence-corrected chi connectivity index (χ3v) is 1.38. The molecule has 0 aliphatic carbocycles. The first kappa shape index (κ1) is 10.9. The van der Waals surface area contributed by atoms with Crippen molar-refractivity contribution in [3.63, 3.8) is 0 Å². The Bertz CT molecular complexity index is 380. The van der Waals surface area contributed by atoms with E-state index in [1.807, 2.05) is 5.48 Å². The Morgan fingerprint density at radius 2 is 2.33 bits per heavy atom. The van der Waals surface area contributed by atoms with Gasteiger partial charge in [-0.2, -0.15) is 0 Å². The number of nitrogens with zero attached hydrogens (tertiary/aromatic N) is 1. The van der Waals surface area contributed by atoms with Crippen LogP contribution < -0.4 is 11.2 Å². The number of pyridine rings is 1. The molecule has 7 heteroatoms. The van der Waals surface area contributed by atoms with Gasteiger partial charge >= 0.3 is 0 Å². The summed E-state index contributed by atoms with van der Waals surface area (Å²) in [5, 5.41) is 9.22. The van der Waals surface area contributed by atoms with Crippen molar-refractivity contribution in [2.75, 3.05) is 6.61 Å². The van der Waals surface area contributed by atoms with Crippen LogP contribution in [0.2, 0.25) is 0 Å².